The standard InChI is InChI=1S/C20H30N8O/c1-13(2)22-16-6-5-15(19(24-16)23-14-9-11-21-12-10-14)20(29)25-17-7-8-18(27-26-17)28(3)4/h5-8,13-14,21H,9-12H2,1-4H3,(H2,22,23,24)(H,25,26,29). The largest absolute Gasteiger partial charge is 0.368 e. The van der Waals surface area contributed by atoms with E-state index in [9.17, 15) is 4.79 Å². The highest BCUT2D eigenvalue weighted by Gasteiger charge is 2.19. The van der Waals surface area contributed by atoms with Crippen molar-refractivity contribution in [2.75, 3.05) is 48.0 Å². The van der Waals surface area contributed by atoms with Crippen LogP contribution in [0, 0.1) is 0 Å². The lowest BCUT2D eigenvalue weighted by atomic mass is 10.1. The third-order valence-corrected chi connectivity index (χ3v) is 4.61. The Morgan fingerprint density at radius 3 is 2.45 bits per heavy atom. The lowest BCUT2D eigenvalue weighted by Gasteiger charge is -2.25. The van der Waals surface area contributed by atoms with E-state index in [-0.39, 0.29) is 18.0 Å². The van der Waals surface area contributed by atoms with Crippen LogP contribution in [0.15, 0.2) is 24.3 Å². The van der Waals surface area contributed by atoms with Gasteiger partial charge in [-0.15, -0.1) is 10.2 Å². The van der Waals surface area contributed by atoms with E-state index in [1.165, 1.54) is 0 Å². The van der Waals surface area contributed by atoms with Gasteiger partial charge >= 0.3 is 0 Å². The summed E-state index contributed by atoms with van der Waals surface area (Å²) in [6.07, 6.45) is 1.98. The van der Waals surface area contributed by atoms with Crippen molar-refractivity contribution in [2.45, 2.75) is 38.8 Å². The van der Waals surface area contributed by atoms with Crippen molar-refractivity contribution in [1.29, 1.82) is 0 Å². The molecule has 9 heteroatoms. The molecule has 4 N–H and O–H groups in total. The Hall–Kier alpha value is -2.94. The third kappa shape index (κ3) is 5.77. The Bertz CT molecular complexity index is 816. The molecule has 1 amide bonds. The minimum atomic E-state index is -0.267. The number of aromatic nitrogens is 3. The normalized spacial score (nSPS) is 14.5. The summed E-state index contributed by atoms with van der Waals surface area (Å²) >= 11 is 0. The van der Waals surface area contributed by atoms with Crippen LogP contribution in [0.25, 0.3) is 0 Å². The fraction of sp³-hybridized carbons (Fsp3) is 0.500. The first-order chi connectivity index (χ1) is 13.9. The highest BCUT2D eigenvalue weighted by atomic mass is 16.1. The number of hydrogen-bond donors (Lipinski definition) is 4. The predicted molar refractivity (Wildman–Crippen MR) is 117 cm³/mol. The molecular formula is C20H30N8O. The molecule has 2 aromatic rings. The fourth-order valence-electron chi connectivity index (χ4n) is 3.10. The zero-order chi connectivity index (χ0) is 20.8. The lowest BCUT2D eigenvalue weighted by molar-refractivity contribution is 0.102. The van der Waals surface area contributed by atoms with Gasteiger partial charge in [-0.2, -0.15) is 0 Å². The molecule has 1 fully saturated rings. The quantitative estimate of drug-likeness (QED) is 0.562. The van der Waals surface area contributed by atoms with Crippen LogP contribution >= 0.6 is 0 Å². The molecule has 0 spiro atoms. The predicted octanol–water partition coefficient (Wildman–Crippen LogP) is 2.17. The number of nitrogens with one attached hydrogen (secondary N) is 4. The lowest BCUT2D eigenvalue weighted by Crippen LogP contribution is -2.36. The van der Waals surface area contributed by atoms with Crippen molar-refractivity contribution < 1.29 is 4.79 Å². The van der Waals surface area contributed by atoms with Crippen LogP contribution in [0.2, 0.25) is 0 Å². The molecule has 0 bridgehead atoms. The Labute approximate surface area is 171 Å². The van der Waals surface area contributed by atoms with Crippen LogP contribution in [0.5, 0.6) is 0 Å². The topological polar surface area (TPSA) is 107 Å². The Morgan fingerprint density at radius 1 is 1.10 bits per heavy atom. The average Bonchev–Trinajstić information content (AvgIpc) is 2.69. The van der Waals surface area contributed by atoms with Gasteiger partial charge in [0.25, 0.3) is 5.91 Å². The summed E-state index contributed by atoms with van der Waals surface area (Å²) in [6.45, 7) is 6.02. The van der Waals surface area contributed by atoms with E-state index in [4.69, 9.17) is 0 Å². The van der Waals surface area contributed by atoms with Crippen molar-refractivity contribution in [1.82, 2.24) is 20.5 Å². The molecule has 0 unspecified atom stereocenters. The number of carbonyl (C=O) groups excluding carboxylic acids is 1. The summed E-state index contributed by atoms with van der Waals surface area (Å²) in [4.78, 5) is 19.4. The average molecular weight is 399 g/mol. The van der Waals surface area contributed by atoms with E-state index < -0.39 is 0 Å². The van der Waals surface area contributed by atoms with Crippen molar-refractivity contribution in [2.24, 2.45) is 0 Å². The smallest absolute Gasteiger partial charge is 0.260 e. The molecule has 29 heavy (non-hydrogen) atoms. The Balaban J connectivity index is 1.80. The van der Waals surface area contributed by atoms with Gasteiger partial charge in [0.1, 0.15) is 11.6 Å². The van der Waals surface area contributed by atoms with E-state index in [1.807, 2.05) is 31.1 Å². The highest BCUT2D eigenvalue weighted by molar-refractivity contribution is 6.07. The van der Waals surface area contributed by atoms with Crippen molar-refractivity contribution in [3.05, 3.63) is 29.8 Å². The number of carbonyl (C=O) groups is 1. The summed E-state index contributed by atoms with van der Waals surface area (Å²) in [7, 11) is 3.78. The van der Waals surface area contributed by atoms with E-state index in [1.54, 1.807) is 12.1 Å². The van der Waals surface area contributed by atoms with Gasteiger partial charge in [0.05, 0.1) is 5.56 Å². The van der Waals surface area contributed by atoms with Gasteiger partial charge < -0.3 is 26.2 Å². The zero-order valence-electron chi connectivity index (χ0n) is 17.5. The highest BCUT2D eigenvalue weighted by Crippen LogP contribution is 2.21. The Morgan fingerprint density at radius 2 is 1.83 bits per heavy atom. The van der Waals surface area contributed by atoms with Crippen molar-refractivity contribution >= 4 is 29.2 Å². The van der Waals surface area contributed by atoms with Crippen LogP contribution in [0.1, 0.15) is 37.0 Å². The van der Waals surface area contributed by atoms with Crippen LogP contribution in [-0.4, -0.2) is 60.4 Å². The number of piperidine rings is 1. The molecule has 0 aromatic carbocycles. The Kier molecular flexibility index (Phi) is 6.82. The summed E-state index contributed by atoms with van der Waals surface area (Å²) in [5.74, 6) is 2.18. The van der Waals surface area contributed by atoms with Crippen molar-refractivity contribution in [3.8, 4) is 0 Å². The van der Waals surface area contributed by atoms with Crippen molar-refractivity contribution in [3.63, 3.8) is 0 Å². The molecule has 1 aliphatic rings. The van der Waals surface area contributed by atoms with E-state index >= 15 is 0 Å². The third-order valence-electron chi connectivity index (χ3n) is 4.61. The van der Waals surface area contributed by atoms with Gasteiger partial charge in [-0.05, 0) is 64.0 Å². The van der Waals surface area contributed by atoms with E-state index in [2.05, 4.69) is 50.3 Å². The second-order valence-electron chi connectivity index (χ2n) is 7.69. The monoisotopic (exact) mass is 398 g/mol. The maximum absolute atomic E-state index is 12.9. The fourth-order valence-corrected chi connectivity index (χ4v) is 3.10. The van der Waals surface area contributed by atoms with Crippen LogP contribution in [-0.2, 0) is 0 Å². The van der Waals surface area contributed by atoms with E-state index in [0.29, 0.717) is 17.2 Å². The minimum Gasteiger partial charge on any atom is -0.368 e. The number of pyridine rings is 1. The van der Waals surface area contributed by atoms with Gasteiger partial charge in [-0.1, -0.05) is 0 Å². The van der Waals surface area contributed by atoms with Crippen LogP contribution in [0.4, 0.5) is 23.3 Å². The number of rotatable bonds is 7. The molecule has 0 radical (unpaired) electrons. The molecule has 9 nitrogen and oxygen atoms in total. The molecule has 0 atom stereocenters. The number of hydrogen-bond acceptors (Lipinski definition) is 8. The molecule has 0 aliphatic carbocycles. The number of nitrogens with zero attached hydrogens (tertiary/aromatic N) is 4. The molecule has 156 valence electrons. The van der Waals surface area contributed by atoms with Gasteiger partial charge in [0.2, 0.25) is 0 Å². The van der Waals surface area contributed by atoms with Gasteiger partial charge in [-0.25, -0.2) is 4.98 Å². The first-order valence-corrected chi connectivity index (χ1v) is 9.99. The van der Waals surface area contributed by atoms with Gasteiger partial charge in [-0.3, -0.25) is 4.79 Å². The van der Waals surface area contributed by atoms with Crippen LogP contribution in [0.3, 0.4) is 0 Å². The summed E-state index contributed by atoms with van der Waals surface area (Å²) in [5.41, 5.74) is 0.483. The summed E-state index contributed by atoms with van der Waals surface area (Å²) in [5, 5.41) is 21.1. The molecule has 3 heterocycles. The molecule has 2 aromatic heterocycles. The molecule has 0 saturated carbocycles. The summed E-state index contributed by atoms with van der Waals surface area (Å²) < 4.78 is 0. The second kappa shape index (κ2) is 9.51. The molecule has 3 rings (SSSR count). The number of amides is 1. The SMILES string of the molecule is CC(C)Nc1ccc(C(=O)Nc2ccc(N(C)C)nn2)c(NC2CCNCC2)n1. The summed E-state index contributed by atoms with van der Waals surface area (Å²) in [6, 6.07) is 7.69. The number of anilines is 4. The first-order valence-electron chi connectivity index (χ1n) is 9.99. The molecule has 1 saturated heterocycles. The van der Waals surface area contributed by atoms with Gasteiger partial charge in [0.15, 0.2) is 11.6 Å². The molecular weight excluding hydrogens is 368 g/mol. The first kappa shape index (κ1) is 20.8. The second-order valence-corrected chi connectivity index (χ2v) is 7.69. The maximum atomic E-state index is 12.9. The maximum Gasteiger partial charge on any atom is 0.260 e. The molecule has 1 aliphatic heterocycles. The van der Waals surface area contributed by atoms with E-state index in [0.717, 1.165) is 37.6 Å². The van der Waals surface area contributed by atoms with Gasteiger partial charge in [0, 0.05) is 26.2 Å². The van der Waals surface area contributed by atoms with Crippen LogP contribution < -0.4 is 26.2 Å². The minimum absolute atomic E-state index is 0.249. The zero-order valence-corrected chi connectivity index (χ0v) is 17.5.